The molecule has 0 bridgehead atoms. The van der Waals surface area contributed by atoms with Gasteiger partial charge in [0.25, 0.3) is 0 Å². The van der Waals surface area contributed by atoms with Crippen LogP contribution < -0.4 is 15.1 Å². The first-order valence-electron chi connectivity index (χ1n) is 7.63. The van der Waals surface area contributed by atoms with Gasteiger partial charge in [0.05, 0.1) is 7.11 Å². The van der Waals surface area contributed by atoms with E-state index >= 15 is 0 Å². The molecule has 3 rings (SSSR count). The molecule has 1 heterocycles. The van der Waals surface area contributed by atoms with Crippen LogP contribution in [0.25, 0.3) is 17.0 Å². The second-order valence-corrected chi connectivity index (χ2v) is 5.43. The molecule has 1 aromatic heterocycles. The number of esters is 1. The van der Waals surface area contributed by atoms with Crippen molar-refractivity contribution in [3.8, 4) is 11.5 Å². The van der Waals surface area contributed by atoms with Crippen molar-refractivity contribution < 1.29 is 18.7 Å². The van der Waals surface area contributed by atoms with E-state index < -0.39 is 11.6 Å². The molecule has 0 aliphatic heterocycles. The zero-order valence-electron chi connectivity index (χ0n) is 13.8. The first-order chi connectivity index (χ1) is 12.0. The van der Waals surface area contributed by atoms with Crippen LogP contribution in [0.2, 0.25) is 0 Å². The van der Waals surface area contributed by atoms with E-state index in [1.165, 1.54) is 18.2 Å². The Labute approximate surface area is 144 Å². The summed E-state index contributed by atoms with van der Waals surface area (Å²) in [6, 6.07) is 13.6. The Morgan fingerprint density at radius 3 is 2.48 bits per heavy atom. The summed E-state index contributed by atoms with van der Waals surface area (Å²) in [7, 11) is 1.59. The van der Waals surface area contributed by atoms with E-state index in [0.29, 0.717) is 11.3 Å². The SMILES string of the molecule is COc1ccc(/C=C/C(=O)Oc2ccc3c(C)cc(=O)oc3c2)cc1. The van der Waals surface area contributed by atoms with Crippen molar-refractivity contribution >= 4 is 23.0 Å². The van der Waals surface area contributed by atoms with Gasteiger partial charge >= 0.3 is 11.6 Å². The van der Waals surface area contributed by atoms with E-state index in [0.717, 1.165) is 22.3 Å². The molecule has 0 amide bonds. The van der Waals surface area contributed by atoms with Crippen LogP contribution >= 0.6 is 0 Å². The summed E-state index contributed by atoms with van der Waals surface area (Å²) >= 11 is 0. The number of rotatable bonds is 4. The molecular formula is C20H16O5. The molecule has 2 aromatic carbocycles. The van der Waals surface area contributed by atoms with Crippen molar-refractivity contribution in [2.75, 3.05) is 7.11 Å². The van der Waals surface area contributed by atoms with Crippen LogP contribution in [0.4, 0.5) is 0 Å². The highest BCUT2D eigenvalue weighted by Gasteiger charge is 2.06. The fourth-order valence-corrected chi connectivity index (χ4v) is 2.40. The zero-order valence-corrected chi connectivity index (χ0v) is 13.8. The third-order valence-electron chi connectivity index (χ3n) is 3.67. The molecule has 5 heteroatoms. The highest BCUT2D eigenvalue weighted by Crippen LogP contribution is 2.22. The minimum absolute atomic E-state index is 0.311. The van der Waals surface area contributed by atoms with Gasteiger partial charge in [0.2, 0.25) is 0 Å². The summed E-state index contributed by atoms with van der Waals surface area (Å²) in [6.45, 7) is 1.82. The molecule has 0 N–H and O–H groups in total. The maximum Gasteiger partial charge on any atom is 0.336 e. The Morgan fingerprint density at radius 2 is 1.76 bits per heavy atom. The van der Waals surface area contributed by atoms with Crippen molar-refractivity contribution in [2.45, 2.75) is 6.92 Å². The van der Waals surface area contributed by atoms with Crippen molar-refractivity contribution in [1.82, 2.24) is 0 Å². The van der Waals surface area contributed by atoms with Gasteiger partial charge in [0.1, 0.15) is 17.1 Å². The number of hydrogen-bond donors (Lipinski definition) is 0. The van der Waals surface area contributed by atoms with Crippen molar-refractivity contribution in [3.63, 3.8) is 0 Å². The Kier molecular flexibility index (Phi) is 4.66. The van der Waals surface area contributed by atoms with Gasteiger partial charge in [0, 0.05) is 23.6 Å². The zero-order chi connectivity index (χ0) is 17.8. The van der Waals surface area contributed by atoms with Crippen LogP contribution in [-0.2, 0) is 4.79 Å². The van der Waals surface area contributed by atoms with Gasteiger partial charge in [0.15, 0.2) is 0 Å². The van der Waals surface area contributed by atoms with Crippen LogP contribution in [0.1, 0.15) is 11.1 Å². The smallest absolute Gasteiger partial charge is 0.336 e. The van der Waals surface area contributed by atoms with Crippen molar-refractivity contribution in [1.29, 1.82) is 0 Å². The van der Waals surface area contributed by atoms with E-state index in [9.17, 15) is 9.59 Å². The maximum absolute atomic E-state index is 12.0. The minimum atomic E-state index is -0.523. The van der Waals surface area contributed by atoms with Crippen LogP contribution in [-0.4, -0.2) is 13.1 Å². The molecule has 0 saturated carbocycles. The predicted octanol–water partition coefficient (Wildman–Crippen LogP) is 3.73. The van der Waals surface area contributed by atoms with Crippen LogP contribution in [0, 0.1) is 6.92 Å². The molecule has 5 nitrogen and oxygen atoms in total. The Bertz CT molecular complexity index is 997. The van der Waals surface area contributed by atoms with E-state index in [4.69, 9.17) is 13.9 Å². The van der Waals surface area contributed by atoms with Gasteiger partial charge < -0.3 is 13.9 Å². The molecule has 126 valence electrons. The molecule has 0 fully saturated rings. The number of aryl methyl sites for hydroxylation is 1. The average Bonchev–Trinajstić information content (AvgIpc) is 2.60. The largest absolute Gasteiger partial charge is 0.497 e. The average molecular weight is 336 g/mol. The number of carbonyl (C=O) groups excluding carboxylic acids is 1. The summed E-state index contributed by atoms with van der Waals surface area (Å²) in [5.41, 5.74) is 1.60. The summed E-state index contributed by atoms with van der Waals surface area (Å²) in [4.78, 5) is 23.4. The fraction of sp³-hybridized carbons (Fsp3) is 0.100. The molecule has 0 saturated heterocycles. The second kappa shape index (κ2) is 7.05. The summed E-state index contributed by atoms with van der Waals surface area (Å²) < 4.78 is 15.5. The standard InChI is InChI=1S/C20H16O5/c1-13-11-20(22)25-18-12-16(8-9-17(13)18)24-19(21)10-5-14-3-6-15(23-2)7-4-14/h3-12H,1-2H3/b10-5+. The van der Waals surface area contributed by atoms with Crippen LogP contribution in [0.15, 0.2) is 63.8 Å². The lowest BCUT2D eigenvalue weighted by molar-refractivity contribution is -0.128. The molecule has 3 aromatic rings. The van der Waals surface area contributed by atoms with Crippen molar-refractivity contribution in [2.24, 2.45) is 0 Å². The Morgan fingerprint density at radius 1 is 1.04 bits per heavy atom. The minimum Gasteiger partial charge on any atom is -0.497 e. The molecular weight excluding hydrogens is 320 g/mol. The molecule has 0 unspecified atom stereocenters. The van der Waals surface area contributed by atoms with Crippen LogP contribution in [0.3, 0.4) is 0 Å². The Hall–Kier alpha value is -3.34. The number of hydrogen-bond acceptors (Lipinski definition) is 5. The van der Waals surface area contributed by atoms with E-state index in [-0.39, 0.29) is 0 Å². The lowest BCUT2D eigenvalue weighted by atomic mass is 10.1. The first-order valence-corrected chi connectivity index (χ1v) is 7.63. The third kappa shape index (κ3) is 3.95. The van der Waals surface area contributed by atoms with E-state index in [1.54, 1.807) is 37.5 Å². The highest BCUT2D eigenvalue weighted by molar-refractivity contribution is 5.89. The summed E-state index contributed by atoms with van der Waals surface area (Å²) in [5.74, 6) is 0.531. The van der Waals surface area contributed by atoms with Crippen LogP contribution in [0.5, 0.6) is 11.5 Å². The van der Waals surface area contributed by atoms with E-state index in [2.05, 4.69) is 0 Å². The number of methoxy groups -OCH3 is 1. The lowest BCUT2D eigenvalue weighted by Crippen LogP contribution is -2.04. The van der Waals surface area contributed by atoms with Gasteiger partial charge in [-0.1, -0.05) is 12.1 Å². The van der Waals surface area contributed by atoms with Gasteiger partial charge in [-0.2, -0.15) is 0 Å². The third-order valence-corrected chi connectivity index (χ3v) is 3.67. The maximum atomic E-state index is 12.0. The predicted molar refractivity (Wildman–Crippen MR) is 94.9 cm³/mol. The fourth-order valence-electron chi connectivity index (χ4n) is 2.40. The molecule has 0 aliphatic rings. The molecule has 25 heavy (non-hydrogen) atoms. The van der Waals surface area contributed by atoms with E-state index in [1.807, 2.05) is 19.1 Å². The van der Waals surface area contributed by atoms with Gasteiger partial charge in [-0.15, -0.1) is 0 Å². The topological polar surface area (TPSA) is 65.7 Å². The van der Waals surface area contributed by atoms with Gasteiger partial charge in [-0.3, -0.25) is 0 Å². The molecule has 0 spiro atoms. The monoisotopic (exact) mass is 336 g/mol. The summed E-state index contributed by atoms with van der Waals surface area (Å²) in [6.07, 6.45) is 2.98. The lowest BCUT2D eigenvalue weighted by Gasteiger charge is -2.04. The highest BCUT2D eigenvalue weighted by atomic mass is 16.5. The Balaban J connectivity index is 1.74. The molecule has 0 radical (unpaired) electrons. The number of ether oxygens (including phenoxy) is 2. The second-order valence-electron chi connectivity index (χ2n) is 5.43. The quantitative estimate of drug-likeness (QED) is 0.314. The number of fused-ring (bicyclic) bond motifs is 1. The number of carbonyl (C=O) groups is 1. The van der Waals surface area contributed by atoms with Gasteiger partial charge in [-0.25, -0.2) is 9.59 Å². The molecule has 0 atom stereocenters. The molecule has 0 aliphatic carbocycles. The van der Waals surface area contributed by atoms with Gasteiger partial charge in [-0.05, 0) is 48.4 Å². The summed E-state index contributed by atoms with van der Waals surface area (Å²) in [5, 5.41) is 0.799. The number of benzene rings is 2. The van der Waals surface area contributed by atoms with Crippen molar-refractivity contribution in [3.05, 3.63) is 76.2 Å². The first kappa shape index (κ1) is 16.5. The normalized spacial score (nSPS) is 11.0.